The molecular weight excluding hydrogens is 212 g/mol. The molecular formula is C10H20N2O2S. The van der Waals surface area contributed by atoms with Crippen molar-refractivity contribution in [1.29, 1.82) is 0 Å². The minimum absolute atomic E-state index is 0.0461. The molecule has 0 aromatic heterocycles. The molecule has 2 atom stereocenters. The standard InChI is InChI=1S/C10H20N2O2S/c1-2-3-7-15(13,14)12-10-6-4-5-9(10)8-11/h2,9-10,12H,1,3-8,11H2/t9-,10-/m0/s1. The number of hydrogen-bond donors (Lipinski definition) is 2. The Morgan fingerprint density at radius 3 is 2.80 bits per heavy atom. The normalized spacial score (nSPS) is 26.7. The second-order valence-corrected chi connectivity index (χ2v) is 5.92. The van der Waals surface area contributed by atoms with E-state index in [2.05, 4.69) is 11.3 Å². The van der Waals surface area contributed by atoms with E-state index in [1.54, 1.807) is 6.08 Å². The third-order valence-corrected chi connectivity index (χ3v) is 4.32. The quantitative estimate of drug-likeness (QED) is 0.659. The highest BCUT2D eigenvalue weighted by Crippen LogP contribution is 2.25. The van der Waals surface area contributed by atoms with Crippen LogP contribution in [0, 0.1) is 5.92 Å². The molecule has 5 heteroatoms. The largest absolute Gasteiger partial charge is 0.330 e. The van der Waals surface area contributed by atoms with Gasteiger partial charge in [0.05, 0.1) is 5.75 Å². The van der Waals surface area contributed by atoms with E-state index >= 15 is 0 Å². The van der Waals surface area contributed by atoms with Crippen LogP contribution in [0.15, 0.2) is 12.7 Å². The maximum absolute atomic E-state index is 11.6. The smallest absolute Gasteiger partial charge is 0.212 e. The summed E-state index contributed by atoms with van der Waals surface area (Å²) in [5.41, 5.74) is 5.59. The van der Waals surface area contributed by atoms with Gasteiger partial charge in [0.25, 0.3) is 0 Å². The SMILES string of the molecule is C=CCCS(=O)(=O)N[C@H]1CCC[C@H]1CN. The summed E-state index contributed by atoms with van der Waals surface area (Å²) in [7, 11) is -3.15. The van der Waals surface area contributed by atoms with E-state index in [0.29, 0.717) is 18.9 Å². The first-order chi connectivity index (χ1) is 7.09. The molecule has 0 bridgehead atoms. The Morgan fingerprint density at radius 2 is 2.20 bits per heavy atom. The summed E-state index contributed by atoms with van der Waals surface area (Å²) in [4.78, 5) is 0. The predicted octanol–water partition coefficient (Wildman–Crippen LogP) is 0.609. The second kappa shape index (κ2) is 5.63. The second-order valence-electron chi connectivity index (χ2n) is 4.05. The Hall–Kier alpha value is -0.390. The van der Waals surface area contributed by atoms with Crippen molar-refractivity contribution >= 4 is 10.0 Å². The van der Waals surface area contributed by atoms with Crippen LogP contribution in [0.25, 0.3) is 0 Å². The molecule has 1 rings (SSSR count). The monoisotopic (exact) mass is 232 g/mol. The van der Waals surface area contributed by atoms with E-state index in [4.69, 9.17) is 5.73 Å². The fourth-order valence-electron chi connectivity index (χ4n) is 2.00. The van der Waals surface area contributed by atoms with Crippen molar-refractivity contribution in [1.82, 2.24) is 4.72 Å². The van der Waals surface area contributed by atoms with Crippen molar-refractivity contribution < 1.29 is 8.42 Å². The van der Waals surface area contributed by atoms with Crippen LogP contribution in [0.4, 0.5) is 0 Å². The average Bonchev–Trinajstić information content (AvgIpc) is 2.61. The van der Waals surface area contributed by atoms with Crippen LogP contribution in [0.2, 0.25) is 0 Å². The molecule has 0 amide bonds. The maximum Gasteiger partial charge on any atom is 0.212 e. The van der Waals surface area contributed by atoms with Crippen molar-refractivity contribution in [3.05, 3.63) is 12.7 Å². The molecule has 0 heterocycles. The van der Waals surface area contributed by atoms with Crippen LogP contribution in [-0.4, -0.2) is 26.8 Å². The van der Waals surface area contributed by atoms with Crippen LogP contribution < -0.4 is 10.5 Å². The maximum atomic E-state index is 11.6. The van der Waals surface area contributed by atoms with Crippen LogP contribution >= 0.6 is 0 Å². The summed E-state index contributed by atoms with van der Waals surface area (Å²) in [5, 5.41) is 0. The first-order valence-corrected chi connectivity index (χ1v) is 7.05. The van der Waals surface area contributed by atoms with Gasteiger partial charge in [-0.3, -0.25) is 0 Å². The molecule has 4 nitrogen and oxygen atoms in total. The van der Waals surface area contributed by atoms with Crippen molar-refractivity contribution in [2.45, 2.75) is 31.7 Å². The Bertz CT molecular complexity index is 301. The van der Waals surface area contributed by atoms with E-state index in [1.165, 1.54) is 0 Å². The summed E-state index contributed by atoms with van der Waals surface area (Å²) < 4.78 is 25.9. The van der Waals surface area contributed by atoms with Crippen molar-refractivity contribution in [2.75, 3.05) is 12.3 Å². The van der Waals surface area contributed by atoms with Gasteiger partial charge >= 0.3 is 0 Å². The van der Waals surface area contributed by atoms with Crippen LogP contribution in [0.3, 0.4) is 0 Å². The fraction of sp³-hybridized carbons (Fsp3) is 0.800. The zero-order chi connectivity index (χ0) is 11.3. The molecule has 0 spiro atoms. The third kappa shape index (κ3) is 3.93. The van der Waals surface area contributed by atoms with E-state index in [0.717, 1.165) is 19.3 Å². The lowest BCUT2D eigenvalue weighted by molar-refractivity contribution is 0.453. The number of sulfonamides is 1. The van der Waals surface area contributed by atoms with Gasteiger partial charge < -0.3 is 5.73 Å². The molecule has 0 radical (unpaired) electrons. The Morgan fingerprint density at radius 1 is 1.47 bits per heavy atom. The van der Waals surface area contributed by atoms with Gasteiger partial charge in [0.15, 0.2) is 0 Å². The van der Waals surface area contributed by atoms with Gasteiger partial charge in [-0.2, -0.15) is 0 Å². The highest BCUT2D eigenvalue weighted by molar-refractivity contribution is 7.89. The number of allylic oxidation sites excluding steroid dienone is 1. The summed E-state index contributed by atoms with van der Waals surface area (Å²) in [5.74, 6) is 0.438. The molecule has 1 aliphatic rings. The highest BCUT2D eigenvalue weighted by atomic mass is 32.2. The van der Waals surface area contributed by atoms with Crippen LogP contribution in [0.1, 0.15) is 25.7 Å². The first kappa shape index (κ1) is 12.7. The molecule has 0 unspecified atom stereocenters. The van der Waals surface area contributed by atoms with E-state index in [-0.39, 0.29) is 11.8 Å². The zero-order valence-corrected chi connectivity index (χ0v) is 9.80. The van der Waals surface area contributed by atoms with E-state index in [9.17, 15) is 8.42 Å². The topological polar surface area (TPSA) is 72.2 Å². The number of nitrogens with two attached hydrogens (primary N) is 1. The number of nitrogens with one attached hydrogen (secondary N) is 1. The molecule has 0 aliphatic heterocycles. The van der Waals surface area contributed by atoms with Gasteiger partial charge in [-0.15, -0.1) is 6.58 Å². The molecule has 1 saturated carbocycles. The lowest BCUT2D eigenvalue weighted by Crippen LogP contribution is -2.40. The average molecular weight is 232 g/mol. The first-order valence-electron chi connectivity index (χ1n) is 5.40. The third-order valence-electron chi connectivity index (χ3n) is 2.88. The lowest BCUT2D eigenvalue weighted by atomic mass is 10.1. The minimum atomic E-state index is -3.15. The molecule has 3 N–H and O–H groups in total. The Labute approximate surface area is 92.0 Å². The van der Waals surface area contributed by atoms with E-state index in [1.807, 2.05) is 0 Å². The molecule has 0 aromatic rings. The van der Waals surface area contributed by atoms with Crippen LogP contribution in [0.5, 0.6) is 0 Å². The summed E-state index contributed by atoms with van der Waals surface area (Å²) in [6, 6.07) is 0.0461. The van der Waals surface area contributed by atoms with Gasteiger partial charge in [-0.05, 0) is 31.7 Å². The fourth-order valence-corrected chi connectivity index (χ4v) is 3.37. The number of rotatable bonds is 6. The van der Waals surface area contributed by atoms with Gasteiger partial charge in [-0.1, -0.05) is 12.5 Å². The Balaban J connectivity index is 2.49. The van der Waals surface area contributed by atoms with Crippen molar-refractivity contribution in [3.63, 3.8) is 0 Å². The van der Waals surface area contributed by atoms with Crippen molar-refractivity contribution in [2.24, 2.45) is 11.7 Å². The van der Waals surface area contributed by atoms with Gasteiger partial charge in [0, 0.05) is 6.04 Å². The highest BCUT2D eigenvalue weighted by Gasteiger charge is 2.29. The summed E-state index contributed by atoms with van der Waals surface area (Å²) in [6.07, 6.45) is 5.13. The Kier molecular flexibility index (Phi) is 4.76. The molecule has 1 aliphatic carbocycles. The number of hydrogen-bond acceptors (Lipinski definition) is 3. The van der Waals surface area contributed by atoms with Gasteiger partial charge in [0.1, 0.15) is 0 Å². The van der Waals surface area contributed by atoms with Crippen molar-refractivity contribution in [3.8, 4) is 0 Å². The molecule has 88 valence electrons. The minimum Gasteiger partial charge on any atom is -0.330 e. The molecule has 1 fully saturated rings. The molecule has 0 aromatic carbocycles. The van der Waals surface area contributed by atoms with Gasteiger partial charge in [0.2, 0.25) is 10.0 Å². The molecule has 0 saturated heterocycles. The zero-order valence-electron chi connectivity index (χ0n) is 8.98. The lowest BCUT2D eigenvalue weighted by Gasteiger charge is -2.19. The van der Waals surface area contributed by atoms with Crippen LogP contribution in [-0.2, 0) is 10.0 Å². The summed E-state index contributed by atoms with van der Waals surface area (Å²) in [6.45, 7) is 4.08. The van der Waals surface area contributed by atoms with E-state index < -0.39 is 10.0 Å². The predicted molar refractivity (Wildman–Crippen MR) is 61.9 cm³/mol. The molecule has 15 heavy (non-hydrogen) atoms. The summed E-state index contributed by atoms with van der Waals surface area (Å²) >= 11 is 0. The van der Waals surface area contributed by atoms with Gasteiger partial charge in [-0.25, -0.2) is 13.1 Å².